The Hall–Kier alpha value is -3.13. The fourth-order valence-electron chi connectivity index (χ4n) is 2.92. The van der Waals surface area contributed by atoms with Gasteiger partial charge in [0.25, 0.3) is 12.3 Å². The molecule has 1 unspecified atom stereocenters. The summed E-state index contributed by atoms with van der Waals surface area (Å²) in [6.07, 6.45) is -2.72. The molecule has 142 valence electrons. The molecule has 2 N–H and O–H groups in total. The van der Waals surface area contributed by atoms with Crippen LogP contribution in [0.2, 0.25) is 0 Å². The number of fused-ring (bicyclic) bond motifs is 1. The first-order chi connectivity index (χ1) is 13.5. The first-order valence-corrected chi connectivity index (χ1v) is 9.27. The molecular formula is C20H14F3N3OS. The summed E-state index contributed by atoms with van der Waals surface area (Å²) in [6, 6.07) is 13.7. The molecule has 0 aliphatic rings. The molecule has 0 aliphatic heterocycles. The molecule has 28 heavy (non-hydrogen) atoms. The lowest BCUT2D eigenvalue weighted by atomic mass is 10.0. The number of alkyl halides is 2. The minimum absolute atomic E-state index is 0.306. The van der Waals surface area contributed by atoms with Crippen LogP contribution in [0.5, 0.6) is 0 Å². The van der Waals surface area contributed by atoms with E-state index >= 15 is 0 Å². The average Bonchev–Trinajstić information content (AvgIpc) is 3.36. The predicted molar refractivity (Wildman–Crippen MR) is 101 cm³/mol. The van der Waals surface area contributed by atoms with Gasteiger partial charge in [0.1, 0.15) is 5.82 Å². The van der Waals surface area contributed by atoms with Crippen molar-refractivity contribution in [3.05, 3.63) is 87.6 Å². The minimum Gasteiger partial charge on any atom is -0.340 e. The van der Waals surface area contributed by atoms with E-state index in [0.717, 1.165) is 10.4 Å². The molecule has 0 aliphatic carbocycles. The third-order valence-corrected chi connectivity index (χ3v) is 5.21. The van der Waals surface area contributed by atoms with Crippen LogP contribution in [0.15, 0.2) is 60.0 Å². The second kappa shape index (κ2) is 7.47. The van der Waals surface area contributed by atoms with E-state index in [-0.39, 0.29) is 11.7 Å². The third kappa shape index (κ3) is 3.63. The lowest BCUT2D eigenvalue weighted by molar-refractivity contribution is 0.0943. The highest BCUT2D eigenvalue weighted by molar-refractivity contribution is 7.10. The molecule has 2 aromatic carbocycles. The van der Waals surface area contributed by atoms with Crippen LogP contribution < -0.4 is 5.32 Å². The highest BCUT2D eigenvalue weighted by atomic mass is 32.1. The molecule has 0 saturated carbocycles. The van der Waals surface area contributed by atoms with Crippen molar-refractivity contribution in [3.63, 3.8) is 0 Å². The van der Waals surface area contributed by atoms with Gasteiger partial charge in [-0.25, -0.2) is 18.2 Å². The van der Waals surface area contributed by atoms with Gasteiger partial charge in [-0.2, -0.15) is 0 Å². The number of aromatic nitrogens is 2. The van der Waals surface area contributed by atoms with E-state index in [1.54, 1.807) is 12.1 Å². The maximum atomic E-state index is 13.3. The van der Waals surface area contributed by atoms with Crippen LogP contribution in [-0.4, -0.2) is 15.9 Å². The summed E-state index contributed by atoms with van der Waals surface area (Å²) in [6.45, 7) is 0. The minimum atomic E-state index is -2.72. The van der Waals surface area contributed by atoms with E-state index in [4.69, 9.17) is 0 Å². The zero-order chi connectivity index (χ0) is 19.7. The van der Waals surface area contributed by atoms with Crippen LogP contribution in [0.1, 0.15) is 39.1 Å². The van der Waals surface area contributed by atoms with Crippen LogP contribution >= 0.6 is 11.3 Å². The Morgan fingerprint density at radius 1 is 1.11 bits per heavy atom. The SMILES string of the molecule is O=C(NC(c1ccc(F)cc1)c1cccs1)c1ccc2nc(C(F)F)[nH]c2c1. The number of H-pyrrole nitrogens is 1. The molecule has 4 aromatic rings. The Kier molecular flexibility index (Phi) is 4.87. The molecule has 0 bridgehead atoms. The summed E-state index contributed by atoms with van der Waals surface area (Å²) < 4.78 is 38.9. The maximum Gasteiger partial charge on any atom is 0.295 e. The van der Waals surface area contributed by atoms with E-state index in [2.05, 4.69) is 15.3 Å². The number of benzene rings is 2. The highest BCUT2D eigenvalue weighted by Gasteiger charge is 2.20. The first kappa shape index (κ1) is 18.2. The summed E-state index contributed by atoms with van der Waals surface area (Å²) >= 11 is 1.47. The molecule has 0 radical (unpaired) electrons. The molecule has 0 spiro atoms. The zero-order valence-electron chi connectivity index (χ0n) is 14.3. The number of nitrogens with one attached hydrogen (secondary N) is 2. The van der Waals surface area contributed by atoms with Crippen LogP contribution in [-0.2, 0) is 0 Å². The zero-order valence-corrected chi connectivity index (χ0v) is 15.1. The van der Waals surface area contributed by atoms with E-state index in [9.17, 15) is 18.0 Å². The molecule has 0 fully saturated rings. The Bertz CT molecular complexity index is 1110. The van der Waals surface area contributed by atoms with Crippen LogP contribution in [0, 0.1) is 5.82 Å². The maximum absolute atomic E-state index is 13.3. The normalized spacial score (nSPS) is 12.4. The number of thiophene rings is 1. The monoisotopic (exact) mass is 401 g/mol. The second-order valence-electron chi connectivity index (χ2n) is 6.13. The lowest BCUT2D eigenvalue weighted by Crippen LogP contribution is -2.28. The highest BCUT2D eigenvalue weighted by Crippen LogP contribution is 2.27. The summed E-state index contributed by atoms with van der Waals surface area (Å²) in [4.78, 5) is 20.0. The van der Waals surface area contributed by atoms with Gasteiger partial charge in [0.15, 0.2) is 5.82 Å². The Morgan fingerprint density at radius 3 is 2.57 bits per heavy atom. The fraction of sp³-hybridized carbons (Fsp3) is 0.100. The average molecular weight is 401 g/mol. The molecule has 2 heterocycles. The summed E-state index contributed by atoms with van der Waals surface area (Å²) in [7, 11) is 0. The van der Waals surface area contributed by atoms with Crippen molar-refractivity contribution in [1.82, 2.24) is 15.3 Å². The van der Waals surface area contributed by atoms with Crippen molar-refractivity contribution < 1.29 is 18.0 Å². The van der Waals surface area contributed by atoms with E-state index < -0.39 is 18.3 Å². The number of imidazole rings is 1. The number of carbonyl (C=O) groups excluding carboxylic acids is 1. The number of amides is 1. The standard InChI is InChI=1S/C20H14F3N3OS/c21-13-6-3-11(4-7-13)17(16-2-1-9-28-16)26-20(27)12-5-8-14-15(10-12)25-19(24-14)18(22)23/h1-10,17-18H,(H,24,25)(H,26,27). The number of halogens is 3. The molecule has 2 aromatic heterocycles. The number of nitrogens with zero attached hydrogens (tertiary/aromatic N) is 1. The Labute approximate surface area is 162 Å². The van der Waals surface area contributed by atoms with Crippen LogP contribution in [0.4, 0.5) is 13.2 Å². The predicted octanol–water partition coefficient (Wildman–Crippen LogP) is 5.22. The Morgan fingerprint density at radius 2 is 1.89 bits per heavy atom. The van der Waals surface area contributed by atoms with Gasteiger partial charge >= 0.3 is 0 Å². The number of aromatic amines is 1. The van der Waals surface area contributed by atoms with Crippen molar-refractivity contribution >= 4 is 28.3 Å². The molecule has 4 rings (SSSR count). The van der Waals surface area contributed by atoms with Crippen molar-refractivity contribution in [1.29, 1.82) is 0 Å². The first-order valence-electron chi connectivity index (χ1n) is 8.39. The van der Waals surface area contributed by atoms with Gasteiger partial charge in [-0.1, -0.05) is 18.2 Å². The number of hydrogen-bond acceptors (Lipinski definition) is 3. The Balaban J connectivity index is 1.64. The third-order valence-electron chi connectivity index (χ3n) is 4.28. The largest absolute Gasteiger partial charge is 0.340 e. The molecule has 0 saturated heterocycles. The van der Waals surface area contributed by atoms with Gasteiger partial charge in [-0.15, -0.1) is 11.3 Å². The quantitative estimate of drug-likeness (QED) is 0.482. The van der Waals surface area contributed by atoms with Crippen LogP contribution in [0.25, 0.3) is 11.0 Å². The summed E-state index contributed by atoms with van der Waals surface area (Å²) in [5, 5.41) is 4.82. The summed E-state index contributed by atoms with van der Waals surface area (Å²) in [5.41, 5.74) is 1.76. The van der Waals surface area contributed by atoms with Gasteiger partial charge in [0.2, 0.25) is 0 Å². The van der Waals surface area contributed by atoms with Crippen molar-refractivity contribution in [2.24, 2.45) is 0 Å². The van der Waals surface area contributed by atoms with E-state index in [1.807, 2.05) is 17.5 Å². The molecule has 4 nitrogen and oxygen atoms in total. The molecule has 1 atom stereocenters. The smallest absolute Gasteiger partial charge is 0.295 e. The van der Waals surface area contributed by atoms with Crippen molar-refractivity contribution in [3.8, 4) is 0 Å². The van der Waals surface area contributed by atoms with Gasteiger partial charge in [0.05, 0.1) is 17.1 Å². The van der Waals surface area contributed by atoms with Crippen molar-refractivity contribution in [2.45, 2.75) is 12.5 Å². The van der Waals surface area contributed by atoms with Gasteiger partial charge in [-0.05, 0) is 47.3 Å². The molecule has 8 heteroatoms. The van der Waals surface area contributed by atoms with E-state index in [0.29, 0.717) is 16.6 Å². The lowest BCUT2D eigenvalue weighted by Gasteiger charge is -2.18. The number of hydrogen-bond donors (Lipinski definition) is 2. The number of rotatable bonds is 5. The summed E-state index contributed by atoms with van der Waals surface area (Å²) in [5.74, 6) is -1.17. The van der Waals surface area contributed by atoms with Gasteiger partial charge in [0, 0.05) is 10.4 Å². The van der Waals surface area contributed by atoms with Crippen LogP contribution in [0.3, 0.4) is 0 Å². The number of carbonyl (C=O) groups is 1. The van der Waals surface area contributed by atoms with E-state index in [1.165, 1.54) is 41.7 Å². The fourth-order valence-corrected chi connectivity index (χ4v) is 3.72. The molecule has 1 amide bonds. The second-order valence-corrected chi connectivity index (χ2v) is 7.11. The molecular weight excluding hydrogens is 387 g/mol. The topological polar surface area (TPSA) is 57.8 Å². The van der Waals surface area contributed by atoms with Gasteiger partial charge < -0.3 is 10.3 Å². The van der Waals surface area contributed by atoms with Gasteiger partial charge in [-0.3, -0.25) is 4.79 Å². The van der Waals surface area contributed by atoms with Crippen molar-refractivity contribution in [2.75, 3.05) is 0 Å².